The molecule has 2 aliphatic carbocycles. The number of rotatable bonds is 8. The second-order valence-electron chi connectivity index (χ2n) is 8.11. The lowest BCUT2D eigenvalue weighted by Crippen LogP contribution is -2.48. The normalized spacial score (nSPS) is 30.1. The summed E-state index contributed by atoms with van der Waals surface area (Å²) < 4.78 is 41.7. The summed E-state index contributed by atoms with van der Waals surface area (Å²) in [5.41, 5.74) is 0.956. The summed E-state index contributed by atoms with van der Waals surface area (Å²) >= 11 is 0. The lowest BCUT2D eigenvalue weighted by molar-refractivity contribution is -0.0547. The number of methoxy groups -OCH3 is 1. The van der Waals surface area contributed by atoms with Crippen molar-refractivity contribution in [2.24, 2.45) is 10.8 Å². The molecular weight excluding hydrogens is 380 g/mol. The van der Waals surface area contributed by atoms with Crippen molar-refractivity contribution in [3.05, 3.63) is 41.5 Å². The van der Waals surface area contributed by atoms with Gasteiger partial charge in [0.05, 0.1) is 24.2 Å². The van der Waals surface area contributed by atoms with E-state index in [1.165, 1.54) is 0 Å². The fourth-order valence-corrected chi connectivity index (χ4v) is 5.66. The Morgan fingerprint density at radius 1 is 1.21 bits per heavy atom. The Kier molecular flexibility index (Phi) is 6.32. The molecule has 28 heavy (non-hydrogen) atoms. The second-order valence-corrected chi connectivity index (χ2v) is 9.72. The Balaban J connectivity index is 1.87. The zero-order chi connectivity index (χ0) is 20.4. The SMILES string of the molecule is COCOCC1=CCC[C@]2(C)[C@@H](O)CC[C@]12COS(=O)(=O)c1ccc(C)cc1. The van der Waals surface area contributed by atoms with Gasteiger partial charge in [0, 0.05) is 17.9 Å². The van der Waals surface area contributed by atoms with E-state index in [1.807, 2.05) is 13.8 Å². The Hall–Kier alpha value is -1.25. The number of hydrogen-bond donors (Lipinski definition) is 1. The second kappa shape index (κ2) is 8.24. The Morgan fingerprint density at radius 2 is 1.93 bits per heavy atom. The van der Waals surface area contributed by atoms with Gasteiger partial charge in [0.2, 0.25) is 0 Å². The lowest BCUT2D eigenvalue weighted by Gasteiger charge is -2.49. The van der Waals surface area contributed by atoms with Crippen LogP contribution >= 0.6 is 0 Å². The fraction of sp³-hybridized carbons (Fsp3) is 0.619. The first-order valence-corrected chi connectivity index (χ1v) is 11.1. The van der Waals surface area contributed by atoms with E-state index in [0.29, 0.717) is 19.4 Å². The van der Waals surface area contributed by atoms with Crippen molar-refractivity contribution in [1.29, 1.82) is 0 Å². The van der Waals surface area contributed by atoms with Crippen molar-refractivity contribution in [2.45, 2.75) is 50.5 Å². The van der Waals surface area contributed by atoms with Crippen LogP contribution in [0.3, 0.4) is 0 Å². The highest BCUT2D eigenvalue weighted by atomic mass is 32.2. The predicted octanol–water partition coefficient (Wildman–Crippen LogP) is 3.19. The third-order valence-corrected chi connectivity index (χ3v) is 7.85. The monoisotopic (exact) mass is 410 g/mol. The molecule has 1 aromatic carbocycles. The van der Waals surface area contributed by atoms with Gasteiger partial charge in [-0.1, -0.05) is 30.7 Å². The summed E-state index contributed by atoms with van der Waals surface area (Å²) in [6.45, 7) is 4.44. The molecule has 1 aromatic rings. The van der Waals surface area contributed by atoms with Crippen LogP contribution < -0.4 is 0 Å². The Bertz CT molecular complexity index is 816. The summed E-state index contributed by atoms with van der Waals surface area (Å²) in [6.07, 6.45) is 4.51. The van der Waals surface area contributed by atoms with Crippen molar-refractivity contribution in [3.63, 3.8) is 0 Å². The number of ether oxygens (including phenoxy) is 2. The summed E-state index contributed by atoms with van der Waals surface area (Å²) in [7, 11) is -2.33. The molecule has 0 heterocycles. The van der Waals surface area contributed by atoms with Gasteiger partial charge < -0.3 is 14.6 Å². The first-order chi connectivity index (χ1) is 13.2. The largest absolute Gasteiger partial charge is 0.393 e. The van der Waals surface area contributed by atoms with Gasteiger partial charge in [-0.2, -0.15) is 8.42 Å². The van der Waals surface area contributed by atoms with Crippen molar-refractivity contribution >= 4 is 10.1 Å². The van der Waals surface area contributed by atoms with E-state index in [4.69, 9.17) is 13.7 Å². The van der Waals surface area contributed by atoms with E-state index in [9.17, 15) is 13.5 Å². The van der Waals surface area contributed by atoms with Crippen LogP contribution in [-0.4, -0.2) is 46.7 Å². The molecule has 0 radical (unpaired) electrons. The molecule has 1 N–H and O–H groups in total. The molecule has 0 amide bonds. The molecule has 7 heteroatoms. The number of fused-ring (bicyclic) bond motifs is 1. The van der Waals surface area contributed by atoms with E-state index in [2.05, 4.69) is 6.08 Å². The smallest absolute Gasteiger partial charge is 0.297 e. The van der Waals surface area contributed by atoms with Crippen molar-refractivity contribution < 1.29 is 27.2 Å². The molecule has 0 aliphatic heterocycles. The van der Waals surface area contributed by atoms with Crippen LogP contribution in [0, 0.1) is 17.8 Å². The third-order valence-electron chi connectivity index (χ3n) is 6.57. The summed E-state index contributed by atoms with van der Waals surface area (Å²) in [6, 6.07) is 6.62. The summed E-state index contributed by atoms with van der Waals surface area (Å²) in [5, 5.41) is 10.7. The molecule has 0 aromatic heterocycles. The number of hydrogen-bond acceptors (Lipinski definition) is 6. The highest BCUT2D eigenvalue weighted by Gasteiger charge is 2.60. The molecule has 2 aliphatic rings. The molecule has 1 fully saturated rings. The minimum atomic E-state index is -3.89. The van der Waals surface area contributed by atoms with E-state index >= 15 is 0 Å². The molecule has 0 unspecified atom stereocenters. The van der Waals surface area contributed by atoms with Crippen LogP contribution in [0.15, 0.2) is 40.8 Å². The first kappa shape index (κ1) is 21.5. The van der Waals surface area contributed by atoms with Gasteiger partial charge in [-0.15, -0.1) is 0 Å². The lowest BCUT2D eigenvalue weighted by atomic mass is 9.57. The van der Waals surface area contributed by atoms with E-state index in [0.717, 1.165) is 24.0 Å². The average molecular weight is 411 g/mol. The topological polar surface area (TPSA) is 82.1 Å². The van der Waals surface area contributed by atoms with Crippen LogP contribution in [0.2, 0.25) is 0 Å². The van der Waals surface area contributed by atoms with Crippen molar-refractivity contribution in [1.82, 2.24) is 0 Å². The molecule has 0 bridgehead atoms. The maximum atomic E-state index is 12.8. The zero-order valence-electron chi connectivity index (χ0n) is 16.8. The fourth-order valence-electron chi connectivity index (χ4n) is 4.69. The van der Waals surface area contributed by atoms with Gasteiger partial charge in [0.25, 0.3) is 10.1 Å². The number of allylic oxidation sites excluding steroid dienone is 1. The zero-order valence-corrected chi connectivity index (χ0v) is 17.6. The molecule has 0 saturated heterocycles. The quantitative estimate of drug-likeness (QED) is 0.307. The van der Waals surface area contributed by atoms with Gasteiger partial charge in [-0.05, 0) is 50.3 Å². The Morgan fingerprint density at radius 3 is 2.61 bits per heavy atom. The van der Waals surface area contributed by atoms with Gasteiger partial charge in [-0.3, -0.25) is 4.18 Å². The molecule has 1 saturated carbocycles. The Labute approximate surface area is 167 Å². The highest BCUT2D eigenvalue weighted by Crippen LogP contribution is 2.61. The van der Waals surface area contributed by atoms with Crippen molar-refractivity contribution in [3.8, 4) is 0 Å². The molecule has 6 nitrogen and oxygen atoms in total. The van der Waals surface area contributed by atoms with E-state index in [1.54, 1.807) is 31.4 Å². The van der Waals surface area contributed by atoms with Crippen LogP contribution in [-0.2, 0) is 23.8 Å². The number of aliphatic hydroxyl groups excluding tert-OH is 1. The minimum absolute atomic E-state index is 0.00105. The number of aryl methyl sites for hydroxylation is 1. The van der Waals surface area contributed by atoms with Crippen LogP contribution in [0.1, 0.15) is 38.2 Å². The van der Waals surface area contributed by atoms with Gasteiger partial charge >= 0.3 is 0 Å². The van der Waals surface area contributed by atoms with Crippen molar-refractivity contribution in [2.75, 3.05) is 27.1 Å². The predicted molar refractivity (Wildman–Crippen MR) is 105 cm³/mol. The van der Waals surface area contributed by atoms with Crippen LogP contribution in [0.4, 0.5) is 0 Å². The number of benzene rings is 1. The first-order valence-electron chi connectivity index (χ1n) is 9.65. The summed E-state index contributed by atoms with van der Waals surface area (Å²) in [5.74, 6) is 0. The van der Waals surface area contributed by atoms with Crippen LogP contribution in [0.25, 0.3) is 0 Å². The van der Waals surface area contributed by atoms with Gasteiger partial charge in [0.15, 0.2) is 0 Å². The third kappa shape index (κ3) is 3.78. The minimum Gasteiger partial charge on any atom is -0.393 e. The van der Waals surface area contributed by atoms with E-state index < -0.39 is 27.1 Å². The molecule has 3 atom stereocenters. The van der Waals surface area contributed by atoms with Crippen LogP contribution in [0.5, 0.6) is 0 Å². The maximum Gasteiger partial charge on any atom is 0.297 e. The van der Waals surface area contributed by atoms with Gasteiger partial charge in [-0.25, -0.2) is 0 Å². The molecule has 3 rings (SSSR count). The molecular formula is C21H30O6S. The standard InChI is InChI=1S/C21H30O6S/c1-16-6-8-18(9-7-16)28(23,24)27-14-21-12-10-19(22)20(21,2)11-4-5-17(21)13-26-15-25-3/h5-9,19,22H,4,10-15H2,1-3H3/t19-,20+,21-/m0/s1. The average Bonchev–Trinajstić information content (AvgIpc) is 2.93. The van der Waals surface area contributed by atoms with E-state index in [-0.39, 0.29) is 18.3 Å². The highest BCUT2D eigenvalue weighted by molar-refractivity contribution is 7.86. The number of aliphatic hydroxyl groups is 1. The molecule has 0 spiro atoms. The van der Waals surface area contributed by atoms with Gasteiger partial charge in [0.1, 0.15) is 6.79 Å². The molecule has 156 valence electrons. The summed E-state index contributed by atoms with van der Waals surface area (Å²) in [4.78, 5) is 0.145. The maximum absolute atomic E-state index is 12.8.